The standard InChI is InChI=1S/C57H72N18O11/c1-3-68-25-41(78)74(56(68)85)39-21-37(45(80)47(39)82)72-29-58-43-49(60-35(27-76)19-31-11-7-5-8-12-31)64-53(66-51(43)72)70-17-15-33(23-70)62-55(84)63-34-16-18-71(24-34)54-65-50(61-36(28-77)20-32-13-9-6-10-14-32)44-52(67-54)73(30-59-44)38-22-40(48(83)46(38)81)75-42(79)26-69(4-2)57(75)86/h5-14,29-30,33-40,45-48,76-77,80-83H,3-4,15-28H2,1-2H3,(H,60,64,66)(H,61,65,67)(H2,62,63,84)/t33?,34?,35-,36-,37+,38+,39-,40-,45-,46-,47+,48+/m0/s1. The number of rotatable bonds is 20. The Hall–Kier alpha value is -8.35. The number of aromatic nitrogens is 8. The number of imide groups is 2. The van der Waals surface area contributed by atoms with Gasteiger partial charge in [-0.1, -0.05) is 60.7 Å². The normalized spacial score (nSPS) is 26.8. The second kappa shape index (κ2) is 24.2. The summed E-state index contributed by atoms with van der Waals surface area (Å²) < 4.78 is 3.27. The molecule has 0 bridgehead atoms. The average Bonchev–Trinajstić information content (AvgIpc) is 3.24. The quantitative estimate of drug-likeness (QED) is 0.0442. The van der Waals surface area contributed by atoms with Gasteiger partial charge in [-0.2, -0.15) is 19.9 Å². The molecule has 12 atom stereocenters. The molecular formula is C57H72N18O11. The van der Waals surface area contributed by atoms with E-state index >= 15 is 0 Å². The van der Waals surface area contributed by atoms with Crippen LogP contribution in [-0.4, -0.2) is 245 Å². The van der Waals surface area contributed by atoms with Gasteiger partial charge >= 0.3 is 18.1 Å². The third kappa shape index (κ3) is 11.0. The maximum Gasteiger partial charge on any atom is 0.327 e. The summed E-state index contributed by atoms with van der Waals surface area (Å²) in [6, 6.07) is 12.4. The molecule has 6 aliphatic rings. The van der Waals surface area contributed by atoms with Crippen molar-refractivity contribution in [3.63, 3.8) is 0 Å². The minimum Gasteiger partial charge on any atom is -0.394 e. The number of aliphatic hydroxyl groups is 6. The van der Waals surface area contributed by atoms with Gasteiger partial charge in [-0.15, -0.1) is 0 Å². The maximum absolute atomic E-state index is 13.9. The fourth-order valence-electron chi connectivity index (χ4n) is 13.1. The van der Waals surface area contributed by atoms with Crippen LogP contribution in [0.25, 0.3) is 22.3 Å². The first-order chi connectivity index (χ1) is 41.6. The first-order valence-corrected chi connectivity index (χ1v) is 29.5. The molecule has 2 aliphatic carbocycles. The van der Waals surface area contributed by atoms with E-state index in [2.05, 4.69) is 31.2 Å². The predicted octanol–water partition coefficient (Wildman–Crippen LogP) is -0.208. The molecule has 6 fully saturated rings. The summed E-state index contributed by atoms with van der Waals surface area (Å²) in [5.74, 6) is 0.247. The van der Waals surface area contributed by atoms with Gasteiger partial charge in [0, 0.05) is 51.4 Å². The number of urea groups is 3. The Morgan fingerprint density at radius 1 is 0.570 bits per heavy atom. The number of carbonyl (C=O) groups excluding carboxylic acids is 5. The molecule has 29 heteroatoms. The van der Waals surface area contributed by atoms with Gasteiger partial charge in [0.05, 0.1) is 62.1 Å². The molecule has 2 aromatic carbocycles. The lowest BCUT2D eigenvalue weighted by Crippen LogP contribution is -2.48. The average molecular weight is 1190 g/mol. The molecule has 8 amide bonds. The largest absolute Gasteiger partial charge is 0.394 e. The lowest BCUT2D eigenvalue weighted by atomic mass is 10.1. The van der Waals surface area contributed by atoms with Gasteiger partial charge in [-0.3, -0.25) is 19.4 Å². The summed E-state index contributed by atoms with van der Waals surface area (Å²) in [4.78, 5) is 105. The highest BCUT2D eigenvalue weighted by atomic mass is 16.3. The Balaban J connectivity index is 0.757. The van der Waals surface area contributed by atoms with E-state index in [1.165, 1.54) is 22.5 Å². The SMILES string of the molecule is CCN1CC(=O)N([C@H]2C[C@@H](n3cnc4c(N[C@H](CO)Cc5ccccc5)nc(N5CCC(NC(=O)NC6CCN(c7nc(N[C@H](CO)Cc8ccccc8)c8ncn([C@@H]9C[C@H](N%10C(=O)CN(CC)C%10=O)[C@@H](O)[C@H]9O)c8n7)C6)C5)nc43)[C@H](O)[C@@H]2O)C1=O. The van der Waals surface area contributed by atoms with Crippen LogP contribution in [0.5, 0.6) is 0 Å². The number of carbonyl (C=O) groups is 5. The van der Waals surface area contributed by atoms with Crippen molar-refractivity contribution in [2.24, 2.45) is 0 Å². The second-order valence-electron chi connectivity index (χ2n) is 23.1. The van der Waals surface area contributed by atoms with E-state index in [0.717, 1.165) is 20.9 Å². The molecule has 2 unspecified atom stereocenters. The van der Waals surface area contributed by atoms with Gasteiger partial charge in [-0.25, -0.2) is 24.4 Å². The van der Waals surface area contributed by atoms with Crippen molar-refractivity contribution < 1.29 is 54.6 Å². The number of benzene rings is 2. The minimum absolute atomic E-state index is 0.0267. The smallest absolute Gasteiger partial charge is 0.327 e. The topological polar surface area (TPSA) is 361 Å². The summed E-state index contributed by atoms with van der Waals surface area (Å²) in [6.45, 7) is 4.88. The van der Waals surface area contributed by atoms with Crippen LogP contribution in [0.3, 0.4) is 0 Å². The fourth-order valence-corrected chi connectivity index (χ4v) is 13.1. The van der Waals surface area contributed by atoms with Crippen molar-refractivity contribution in [1.29, 1.82) is 0 Å². The van der Waals surface area contributed by atoms with Crippen LogP contribution in [0.15, 0.2) is 73.3 Å². The number of hydrogen-bond donors (Lipinski definition) is 10. The number of fused-ring (bicyclic) bond motifs is 2. The van der Waals surface area contributed by atoms with Gasteiger partial charge < -0.3 is 80.6 Å². The van der Waals surface area contributed by atoms with Gasteiger partial charge in [0.2, 0.25) is 11.9 Å². The van der Waals surface area contributed by atoms with Crippen LogP contribution in [0.1, 0.15) is 62.7 Å². The molecule has 4 saturated heterocycles. The zero-order valence-electron chi connectivity index (χ0n) is 47.7. The number of nitrogens with one attached hydrogen (secondary N) is 4. The van der Waals surface area contributed by atoms with Crippen LogP contribution in [0.4, 0.5) is 37.9 Å². The lowest BCUT2D eigenvalue weighted by molar-refractivity contribution is -0.129. The van der Waals surface area contributed by atoms with Gasteiger partial charge in [-0.05, 0) is 63.5 Å². The molecule has 6 aromatic rings. The van der Waals surface area contributed by atoms with E-state index in [9.17, 15) is 54.6 Å². The van der Waals surface area contributed by atoms with E-state index in [1.54, 1.807) is 23.0 Å². The van der Waals surface area contributed by atoms with Crippen molar-refractivity contribution in [1.82, 2.24) is 69.3 Å². The lowest BCUT2D eigenvalue weighted by Gasteiger charge is -2.25. The van der Waals surface area contributed by atoms with Crippen molar-refractivity contribution in [3.8, 4) is 0 Å². The third-order valence-electron chi connectivity index (χ3n) is 17.7. The van der Waals surface area contributed by atoms with Gasteiger partial charge in [0.25, 0.3) is 11.8 Å². The molecule has 0 spiro atoms. The summed E-state index contributed by atoms with van der Waals surface area (Å²) >= 11 is 0. The highest BCUT2D eigenvalue weighted by molar-refractivity contribution is 6.03. The van der Waals surface area contributed by atoms with Crippen LogP contribution in [0, 0.1) is 0 Å². The zero-order valence-corrected chi connectivity index (χ0v) is 47.7. The number of hydrogen-bond acceptors (Lipinski definition) is 21. The van der Waals surface area contributed by atoms with Crippen molar-refractivity contribution >= 4 is 75.8 Å². The second-order valence-corrected chi connectivity index (χ2v) is 23.1. The Bertz CT molecular complexity index is 3260. The summed E-state index contributed by atoms with van der Waals surface area (Å²) in [5.41, 5.74) is 3.21. The molecule has 29 nitrogen and oxygen atoms in total. The Morgan fingerprint density at radius 2 is 0.965 bits per heavy atom. The van der Waals surface area contributed by atoms with Crippen LogP contribution in [-0.2, 0) is 22.4 Å². The van der Waals surface area contributed by atoms with Crippen LogP contribution >= 0.6 is 0 Å². The fraction of sp³-hybridized carbons (Fsp3) is 0.526. The first-order valence-electron chi connectivity index (χ1n) is 29.5. The Morgan fingerprint density at radius 3 is 1.34 bits per heavy atom. The highest BCUT2D eigenvalue weighted by Gasteiger charge is 2.53. The van der Waals surface area contributed by atoms with Crippen molar-refractivity contribution in [2.45, 2.75) is 125 Å². The highest BCUT2D eigenvalue weighted by Crippen LogP contribution is 2.41. The van der Waals surface area contributed by atoms with E-state index in [1.807, 2.05) is 70.5 Å². The van der Waals surface area contributed by atoms with Crippen LogP contribution in [0.2, 0.25) is 0 Å². The van der Waals surface area contributed by atoms with Crippen molar-refractivity contribution in [2.75, 3.05) is 86.0 Å². The molecule has 8 heterocycles. The zero-order chi connectivity index (χ0) is 60.1. The molecule has 2 saturated carbocycles. The number of aliphatic hydroxyl groups excluding tert-OH is 6. The Kier molecular flexibility index (Phi) is 16.3. The predicted molar refractivity (Wildman–Crippen MR) is 311 cm³/mol. The molecule has 10 N–H and O–H groups in total. The molecule has 86 heavy (non-hydrogen) atoms. The molecule has 4 aliphatic heterocycles. The van der Waals surface area contributed by atoms with E-state index in [-0.39, 0.29) is 63.1 Å². The molecule has 12 rings (SSSR count). The summed E-state index contributed by atoms with van der Waals surface area (Å²) in [5, 5.41) is 80.2. The number of anilines is 4. The Labute approximate surface area is 493 Å². The molecular weight excluding hydrogens is 1110 g/mol. The minimum atomic E-state index is -1.45. The van der Waals surface area contributed by atoms with E-state index in [0.29, 0.717) is 98.9 Å². The monoisotopic (exact) mass is 1180 g/mol. The van der Waals surface area contributed by atoms with Crippen molar-refractivity contribution in [3.05, 3.63) is 84.4 Å². The van der Waals surface area contributed by atoms with E-state index < -0.39 is 90.6 Å². The van der Waals surface area contributed by atoms with Crippen LogP contribution < -0.4 is 31.1 Å². The van der Waals surface area contributed by atoms with E-state index in [4.69, 9.17) is 19.9 Å². The van der Waals surface area contributed by atoms with Gasteiger partial charge in [0.15, 0.2) is 34.0 Å². The number of nitrogens with zero attached hydrogens (tertiary/aromatic N) is 14. The number of amides is 8. The van der Waals surface area contributed by atoms with Gasteiger partial charge in [0.1, 0.15) is 37.5 Å². The number of likely N-dealkylation sites (N-methyl/N-ethyl adjacent to an activating group) is 2. The maximum atomic E-state index is 13.9. The number of imidazole rings is 2. The summed E-state index contributed by atoms with van der Waals surface area (Å²) in [7, 11) is 0. The first kappa shape index (κ1) is 58.1. The molecule has 0 radical (unpaired) electrons. The summed E-state index contributed by atoms with van der Waals surface area (Å²) in [6.07, 6.45) is -0.740. The molecule has 456 valence electrons. The molecule has 4 aromatic heterocycles. The third-order valence-corrected chi connectivity index (χ3v) is 17.7.